The van der Waals surface area contributed by atoms with E-state index in [0.717, 1.165) is 32.2 Å². The fourth-order valence-corrected chi connectivity index (χ4v) is 10.4. The molecule has 3 rings (SSSR count). The van der Waals surface area contributed by atoms with Gasteiger partial charge in [0, 0.05) is 17.1 Å². The minimum Gasteiger partial charge on any atom is -0.319 e. The average Bonchev–Trinajstić information content (AvgIpc) is 3.18. The van der Waals surface area contributed by atoms with Crippen LogP contribution in [-0.2, 0) is 20.9 Å². The van der Waals surface area contributed by atoms with Gasteiger partial charge in [-0.15, -0.1) is 15.3 Å². The molecule has 28 heavy (non-hydrogen) atoms. The van der Waals surface area contributed by atoms with Gasteiger partial charge in [0.05, 0.1) is 12.2 Å². The largest absolute Gasteiger partial charge is 0.319 e. The summed E-state index contributed by atoms with van der Waals surface area (Å²) < 4.78 is 14.6. The Balaban J connectivity index is 1.60. The van der Waals surface area contributed by atoms with E-state index in [1.165, 1.54) is 0 Å². The Morgan fingerprint density at radius 3 is 2.39 bits per heavy atom. The molecule has 0 saturated heterocycles. The van der Waals surface area contributed by atoms with E-state index >= 15 is 0 Å². The van der Waals surface area contributed by atoms with Gasteiger partial charge in [0.25, 0.3) is 0 Å². The van der Waals surface area contributed by atoms with Crippen molar-refractivity contribution in [2.75, 3.05) is 11.5 Å². The number of thioether (sulfide) groups is 1. The van der Waals surface area contributed by atoms with E-state index in [1.54, 1.807) is 34.5 Å². The number of hydrogen-bond acceptors (Lipinski definition) is 9. The molecule has 0 aliphatic carbocycles. The zero-order valence-corrected chi connectivity index (χ0v) is 20.3. The predicted molar refractivity (Wildman–Crippen MR) is 124 cm³/mol. The summed E-state index contributed by atoms with van der Waals surface area (Å²) in [5.74, 6) is 2.48. The lowest BCUT2D eigenvalue weighted by Gasteiger charge is -2.25. The van der Waals surface area contributed by atoms with Crippen LogP contribution in [0.1, 0.15) is 27.7 Å². The molecule has 2 aromatic heterocycles. The lowest BCUT2D eigenvalue weighted by molar-refractivity contribution is 0.186. The van der Waals surface area contributed by atoms with E-state index in [0.29, 0.717) is 0 Å². The van der Waals surface area contributed by atoms with Gasteiger partial charge in [-0.05, 0) is 39.5 Å². The normalized spacial score (nSPS) is 12.5. The van der Waals surface area contributed by atoms with Crippen LogP contribution in [0.5, 0.6) is 0 Å². The second-order valence-electron chi connectivity index (χ2n) is 6.39. The maximum Gasteiger partial charge on any atom is 0.247 e. The first-order valence-electron chi connectivity index (χ1n) is 8.88. The van der Waals surface area contributed by atoms with Crippen LogP contribution in [0.15, 0.2) is 34.7 Å². The number of benzene rings is 1. The Morgan fingerprint density at radius 1 is 1.07 bits per heavy atom. The Labute approximate surface area is 182 Å². The van der Waals surface area contributed by atoms with E-state index in [9.17, 15) is 0 Å². The van der Waals surface area contributed by atoms with Crippen molar-refractivity contribution in [2.24, 2.45) is 0 Å². The first-order chi connectivity index (χ1) is 13.4. The topological polar surface area (TPSA) is 61.5 Å². The maximum absolute atomic E-state index is 5.92. The Bertz CT molecular complexity index is 931. The van der Waals surface area contributed by atoms with Gasteiger partial charge in [-0.25, -0.2) is 0 Å². The molecule has 2 heterocycles. The zero-order chi connectivity index (χ0) is 20.1. The van der Waals surface area contributed by atoms with E-state index in [4.69, 9.17) is 20.9 Å². The van der Waals surface area contributed by atoms with Crippen LogP contribution >= 0.6 is 40.2 Å². The third kappa shape index (κ3) is 6.01. The van der Waals surface area contributed by atoms with E-state index < -0.39 is 5.69 Å². The standard InChI is InChI=1S/C17H23N4O2PS4/c1-12(2)22-24(25,23-13(3)4)27-11-10-26-17-20-21-15(18-19-16(21)28-17)14-8-6-5-7-9-14/h5-9,12-13H,10-11H2,1-4H3. The molecule has 1 aromatic carbocycles. The molecule has 0 aliphatic heterocycles. The molecule has 0 saturated carbocycles. The molecule has 0 atom stereocenters. The highest BCUT2D eigenvalue weighted by atomic mass is 32.9. The molecule has 0 aliphatic rings. The molecule has 0 radical (unpaired) electrons. The molecule has 0 spiro atoms. The van der Waals surface area contributed by atoms with Crippen molar-refractivity contribution in [3.8, 4) is 11.4 Å². The molecule has 0 N–H and O–H groups in total. The van der Waals surface area contributed by atoms with Crippen molar-refractivity contribution in [3.05, 3.63) is 30.3 Å². The van der Waals surface area contributed by atoms with Crippen molar-refractivity contribution < 1.29 is 9.05 Å². The summed E-state index contributed by atoms with van der Waals surface area (Å²) in [5.41, 5.74) is -1.32. The van der Waals surface area contributed by atoms with E-state index in [2.05, 4.69) is 15.3 Å². The lowest BCUT2D eigenvalue weighted by Crippen LogP contribution is -2.06. The van der Waals surface area contributed by atoms with Crippen molar-refractivity contribution >= 4 is 56.9 Å². The van der Waals surface area contributed by atoms with Crippen LogP contribution in [0.3, 0.4) is 0 Å². The van der Waals surface area contributed by atoms with Crippen LogP contribution < -0.4 is 0 Å². The van der Waals surface area contributed by atoms with Gasteiger partial charge in [-0.1, -0.05) is 64.8 Å². The quantitative estimate of drug-likeness (QED) is 0.209. The first-order valence-corrected chi connectivity index (χ1v) is 14.9. The van der Waals surface area contributed by atoms with Gasteiger partial charge in [-0.2, -0.15) is 4.52 Å². The molecular weight excluding hydrogens is 451 g/mol. The summed E-state index contributed by atoms with van der Waals surface area (Å²) in [6, 6.07) is 9.97. The highest BCUT2D eigenvalue weighted by Gasteiger charge is 2.23. The van der Waals surface area contributed by atoms with Gasteiger partial charge in [-0.3, -0.25) is 0 Å². The monoisotopic (exact) mass is 474 g/mol. The highest BCUT2D eigenvalue weighted by molar-refractivity contribution is 8.68. The molecule has 6 nitrogen and oxygen atoms in total. The number of rotatable bonds is 10. The fourth-order valence-electron chi connectivity index (χ4n) is 2.31. The van der Waals surface area contributed by atoms with Crippen molar-refractivity contribution in [2.45, 2.75) is 44.2 Å². The molecule has 3 aromatic rings. The van der Waals surface area contributed by atoms with Crippen LogP contribution in [-0.4, -0.2) is 43.5 Å². The smallest absolute Gasteiger partial charge is 0.247 e. The summed E-state index contributed by atoms with van der Waals surface area (Å²) >= 11 is 10.5. The number of aromatic nitrogens is 4. The van der Waals surface area contributed by atoms with Crippen LogP contribution in [0.4, 0.5) is 0 Å². The summed E-state index contributed by atoms with van der Waals surface area (Å²) in [5, 5.41) is 13.2. The zero-order valence-electron chi connectivity index (χ0n) is 16.1. The Kier molecular flexibility index (Phi) is 7.95. The Hall–Kier alpha value is -0.480. The second-order valence-corrected chi connectivity index (χ2v) is 15.0. The third-order valence-corrected chi connectivity index (χ3v) is 11.1. The highest BCUT2D eigenvalue weighted by Crippen LogP contribution is 2.62. The Morgan fingerprint density at radius 2 is 1.75 bits per heavy atom. The molecule has 0 bridgehead atoms. The molecule has 0 fully saturated rings. The van der Waals surface area contributed by atoms with Gasteiger partial charge >= 0.3 is 0 Å². The first kappa shape index (κ1) is 22.2. The van der Waals surface area contributed by atoms with Gasteiger partial charge in [0.1, 0.15) is 0 Å². The van der Waals surface area contributed by atoms with Crippen LogP contribution in [0.25, 0.3) is 16.3 Å². The van der Waals surface area contributed by atoms with E-state index in [1.807, 2.05) is 62.5 Å². The SMILES string of the molecule is CC(C)OP(=S)(OC(C)C)SCCSc1nn2c(-c3ccccc3)nnc2s1. The maximum atomic E-state index is 5.92. The van der Waals surface area contributed by atoms with Crippen LogP contribution in [0, 0.1) is 0 Å². The second kappa shape index (κ2) is 10.0. The summed E-state index contributed by atoms with van der Waals surface area (Å²) in [4.78, 5) is 0.797. The van der Waals surface area contributed by atoms with Gasteiger partial charge < -0.3 is 9.05 Å². The minimum atomic E-state index is -2.32. The lowest BCUT2D eigenvalue weighted by atomic mass is 10.2. The molecule has 0 amide bonds. The van der Waals surface area contributed by atoms with E-state index in [-0.39, 0.29) is 12.2 Å². The molecule has 152 valence electrons. The molecule has 0 unspecified atom stereocenters. The van der Waals surface area contributed by atoms with Gasteiger partial charge in [0.2, 0.25) is 10.7 Å². The summed E-state index contributed by atoms with van der Waals surface area (Å²) in [6.07, 6.45) is 0.112. The van der Waals surface area contributed by atoms with Crippen LogP contribution in [0.2, 0.25) is 0 Å². The van der Waals surface area contributed by atoms with Crippen molar-refractivity contribution in [1.82, 2.24) is 19.8 Å². The summed E-state index contributed by atoms with van der Waals surface area (Å²) in [7, 11) is 0. The van der Waals surface area contributed by atoms with Crippen molar-refractivity contribution in [3.63, 3.8) is 0 Å². The number of fused-ring (bicyclic) bond motifs is 1. The molecule has 11 heteroatoms. The van der Waals surface area contributed by atoms with Gasteiger partial charge in [0.15, 0.2) is 10.2 Å². The minimum absolute atomic E-state index is 0.0559. The third-order valence-electron chi connectivity index (χ3n) is 3.24. The average molecular weight is 475 g/mol. The predicted octanol–water partition coefficient (Wildman–Crippen LogP) is 5.75. The fraction of sp³-hybridized carbons (Fsp3) is 0.471. The molecular formula is C17H23N4O2PS4. The van der Waals surface area contributed by atoms with Crippen molar-refractivity contribution in [1.29, 1.82) is 0 Å². The number of hydrogen-bond donors (Lipinski definition) is 0. The summed E-state index contributed by atoms with van der Waals surface area (Å²) in [6.45, 7) is 7.96. The number of nitrogens with zero attached hydrogens (tertiary/aromatic N) is 4.